The van der Waals surface area contributed by atoms with Crippen LogP contribution in [0.15, 0.2) is 24.3 Å². The van der Waals surface area contributed by atoms with Crippen LogP contribution in [0, 0.1) is 11.7 Å². The molecule has 3 nitrogen and oxygen atoms in total. The van der Waals surface area contributed by atoms with Crippen LogP contribution in [0.1, 0.15) is 43.0 Å². The first-order valence-electron chi connectivity index (χ1n) is 6.75. The largest absolute Gasteiger partial charge is 0.388 e. The maximum absolute atomic E-state index is 13.0. The third kappa shape index (κ3) is 3.77. The molecular formula is C15H20FNO2. The summed E-state index contributed by atoms with van der Waals surface area (Å²) in [7, 11) is 0. The number of aliphatic hydroxyl groups is 1. The van der Waals surface area contributed by atoms with Crippen LogP contribution in [0.5, 0.6) is 0 Å². The zero-order valence-corrected chi connectivity index (χ0v) is 11.2. The minimum atomic E-state index is -0.819. The fourth-order valence-corrected chi connectivity index (χ4v) is 2.77. The second kappa shape index (κ2) is 5.70. The minimum Gasteiger partial charge on any atom is -0.388 e. The van der Waals surface area contributed by atoms with Crippen LogP contribution in [0.3, 0.4) is 0 Å². The van der Waals surface area contributed by atoms with Crippen molar-refractivity contribution in [2.75, 3.05) is 6.54 Å². The molecule has 1 fully saturated rings. The molecule has 1 saturated carbocycles. The average Bonchev–Trinajstić information content (AvgIpc) is 2.36. The van der Waals surface area contributed by atoms with Crippen molar-refractivity contribution in [1.29, 1.82) is 0 Å². The van der Waals surface area contributed by atoms with Crippen LogP contribution in [0.4, 0.5) is 4.39 Å². The SMILES string of the molecule is CC1CCCC(O)(CNC(=O)c2cccc(F)c2)C1. The highest BCUT2D eigenvalue weighted by Crippen LogP contribution is 2.31. The van der Waals surface area contributed by atoms with Crippen molar-refractivity contribution < 1.29 is 14.3 Å². The number of hydrogen-bond acceptors (Lipinski definition) is 2. The van der Waals surface area contributed by atoms with E-state index in [1.807, 2.05) is 0 Å². The number of carbonyl (C=O) groups excluding carboxylic acids is 1. The molecule has 0 spiro atoms. The number of nitrogens with one attached hydrogen (secondary N) is 1. The Labute approximate surface area is 112 Å². The van der Waals surface area contributed by atoms with Crippen molar-refractivity contribution in [3.8, 4) is 0 Å². The molecule has 19 heavy (non-hydrogen) atoms. The Morgan fingerprint density at radius 2 is 2.37 bits per heavy atom. The van der Waals surface area contributed by atoms with E-state index in [0.717, 1.165) is 12.8 Å². The molecule has 4 heteroatoms. The molecule has 0 bridgehead atoms. The quantitative estimate of drug-likeness (QED) is 0.882. The predicted molar refractivity (Wildman–Crippen MR) is 71.3 cm³/mol. The molecule has 0 radical (unpaired) electrons. The van der Waals surface area contributed by atoms with Gasteiger partial charge in [0.15, 0.2) is 0 Å². The van der Waals surface area contributed by atoms with Crippen LogP contribution < -0.4 is 5.32 Å². The van der Waals surface area contributed by atoms with Crippen LogP contribution in [0.2, 0.25) is 0 Å². The third-order valence-corrected chi connectivity index (χ3v) is 3.73. The second-order valence-electron chi connectivity index (χ2n) is 5.62. The molecule has 1 aromatic rings. The minimum absolute atomic E-state index is 0.229. The van der Waals surface area contributed by atoms with Gasteiger partial charge < -0.3 is 10.4 Å². The molecule has 1 aromatic carbocycles. The van der Waals surface area contributed by atoms with E-state index in [1.54, 1.807) is 6.07 Å². The van der Waals surface area contributed by atoms with E-state index in [-0.39, 0.29) is 18.0 Å². The molecule has 2 atom stereocenters. The Morgan fingerprint density at radius 3 is 3.05 bits per heavy atom. The van der Waals surface area contributed by atoms with Crippen LogP contribution in [0.25, 0.3) is 0 Å². The van der Waals surface area contributed by atoms with Crippen molar-refractivity contribution >= 4 is 5.91 Å². The van der Waals surface area contributed by atoms with Crippen LogP contribution in [-0.4, -0.2) is 23.2 Å². The summed E-state index contributed by atoms with van der Waals surface area (Å²) in [6, 6.07) is 5.56. The normalized spacial score (nSPS) is 27.0. The number of halogens is 1. The summed E-state index contributed by atoms with van der Waals surface area (Å²) in [5.74, 6) is -0.298. The molecular weight excluding hydrogens is 245 g/mol. The van der Waals surface area contributed by atoms with Gasteiger partial charge in [0.1, 0.15) is 5.82 Å². The van der Waals surface area contributed by atoms with Crippen molar-refractivity contribution in [1.82, 2.24) is 5.32 Å². The van der Waals surface area contributed by atoms with Crippen molar-refractivity contribution in [2.45, 2.75) is 38.2 Å². The lowest BCUT2D eigenvalue weighted by Gasteiger charge is -2.35. The molecule has 1 amide bonds. The lowest BCUT2D eigenvalue weighted by molar-refractivity contribution is -0.0109. The Balaban J connectivity index is 1.93. The van der Waals surface area contributed by atoms with Gasteiger partial charge in [0.2, 0.25) is 0 Å². The van der Waals surface area contributed by atoms with E-state index in [4.69, 9.17) is 0 Å². The molecule has 2 N–H and O–H groups in total. The van der Waals surface area contributed by atoms with Gasteiger partial charge in [0, 0.05) is 12.1 Å². The molecule has 104 valence electrons. The smallest absolute Gasteiger partial charge is 0.251 e. The first-order chi connectivity index (χ1) is 8.98. The van der Waals surface area contributed by atoms with Gasteiger partial charge in [-0.15, -0.1) is 0 Å². The van der Waals surface area contributed by atoms with Gasteiger partial charge in [0.05, 0.1) is 5.60 Å². The lowest BCUT2D eigenvalue weighted by Crippen LogP contribution is -2.45. The predicted octanol–water partition coefficient (Wildman–Crippen LogP) is 2.50. The van der Waals surface area contributed by atoms with Gasteiger partial charge in [-0.2, -0.15) is 0 Å². The Bertz CT molecular complexity index is 463. The van der Waals surface area contributed by atoms with Gasteiger partial charge in [-0.25, -0.2) is 4.39 Å². The molecule has 2 unspecified atom stereocenters. The Morgan fingerprint density at radius 1 is 1.58 bits per heavy atom. The number of hydrogen-bond donors (Lipinski definition) is 2. The number of rotatable bonds is 3. The molecule has 2 rings (SSSR count). The highest BCUT2D eigenvalue weighted by molar-refractivity contribution is 5.94. The zero-order valence-electron chi connectivity index (χ0n) is 11.2. The third-order valence-electron chi connectivity index (χ3n) is 3.73. The van der Waals surface area contributed by atoms with Gasteiger partial charge in [-0.3, -0.25) is 4.79 Å². The van der Waals surface area contributed by atoms with Crippen molar-refractivity contribution in [3.05, 3.63) is 35.6 Å². The van der Waals surface area contributed by atoms with Crippen LogP contribution in [-0.2, 0) is 0 Å². The summed E-state index contributed by atoms with van der Waals surface area (Å²) in [6.07, 6.45) is 3.52. The first kappa shape index (κ1) is 14.0. The van der Waals surface area contributed by atoms with Gasteiger partial charge >= 0.3 is 0 Å². The summed E-state index contributed by atoms with van der Waals surface area (Å²) in [5, 5.41) is 13.1. The second-order valence-corrected chi connectivity index (χ2v) is 5.62. The van der Waals surface area contributed by atoms with E-state index in [2.05, 4.69) is 12.2 Å². The molecule has 1 aliphatic carbocycles. The highest BCUT2D eigenvalue weighted by Gasteiger charge is 2.32. The molecule has 0 aliphatic heterocycles. The van der Waals surface area contributed by atoms with E-state index in [9.17, 15) is 14.3 Å². The maximum Gasteiger partial charge on any atom is 0.251 e. The summed E-state index contributed by atoms with van der Waals surface area (Å²) in [5.41, 5.74) is -0.534. The van der Waals surface area contributed by atoms with E-state index in [0.29, 0.717) is 18.8 Å². The fourth-order valence-electron chi connectivity index (χ4n) is 2.77. The van der Waals surface area contributed by atoms with Crippen LogP contribution >= 0.6 is 0 Å². The highest BCUT2D eigenvalue weighted by atomic mass is 19.1. The lowest BCUT2D eigenvalue weighted by atomic mass is 9.79. The first-order valence-corrected chi connectivity index (χ1v) is 6.75. The number of benzene rings is 1. The molecule has 0 saturated heterocycles. The van der Waals surface area contributed by atoms with E-state index < -0.39 is 11.4 Å². The van der Waals surface area contributed by atoms with E-state index in [1.165, 1.54) is 18.2 Å². The molecule has 0 heterocycles. The summed E-state index contributed by atoms with van der Waals surface area (Å²) in [4.78, 5) is 11.9. The Hall–Kier alpha value is -1.42. The molecule has 1 aliphatic rings. The average molecular weight is 265 g/mol. The molecule has 0 aromatic heterocycles. The van der Waals surface area contributed by atoms with Gasteiger partial charge in [-0.1, -0.05) is 25.8 Å². The topological polar surface area (TPSA) is 49.3 Å². The number of carbonyl (C=O) groups is 1. The summed E-state index contributed by atoms with van der Waals surface area (Å²) < 4.78 is 13.0. The van der Waals surface area contributed by atoms with Crippen molar-refractivity contribution in [3.63, 3.8) is 0 Å². The number of amides is 1. The maximum atomic E-state index is 13.0. The fraction of sp³-hybridized carbons (Fsp3) is 0.533. The van der Waals surface area contributed by atoms with Crippen molar-refractivity contribution in [2.24, 2.45) is 5.92 Å². The summed E-state index contributed by atoms with van der Waals surface area (Å²) in [6.45, 7) is 2.34. The monoisotopic (exact) mass is 265 g/mol. The standard InChI is InChI=1S/C15H20FNO2/c1-11-4-3-7-15(19,9-11)10-17-14(18)12-5-2-6-13(16)8-12/h2,5-6,8,11,19H,3-4,7,9-10H2,1H3,(H,17,18). The van der Waals surface area contributed by atoms with Gasteiger partial charge in [-0.05, 0) is 37.0 Å². The van der Waals surface area contributed by atoms with E-state index >= 15 is 0 Å². The summed E-state index contributed by atoms with van der Waals surface area (Å²) >= 11 is 0. The van der Waals surface area contributed by atoms with Gasteiger partial charge in [0.25, 0.3) is 5.91 Å². The zero-order chi connectivity index (χ0) is 13.9. The Kier molecular flexibility index (Phi) is 4.20.